The fourth-order valence-corrected chi connectivity index (χ4v) is 2.65. The molecule has 1 aliphatic heterocycles. The molecule has 0 saturated carbocycles. The number of hydrogen-bond donors (Lipinski definition) is 1. The molecule has 0 spiro atoms. The van der Waals surface area contributed by atoms with Gasteiger partial charge < -0.3 is 19.5 Å². The molecule has 1 fully saturated rings. The lowest BCUT2D eigenvalue weighted by molar-refractivity contribution is 0.367. The van der Waals surface area contributed by atoms with E-state index in [2.05, 4.69) is 5.32 Å². The van der Waals surface area contributed by atoms with Crippen molar-refractivity contribution < 1.29 is 14.2 Å². The Morgan fingerprint density at radius 2 is 1.79 bits per heavy atom. The largest absolute Gasteiger partial charge is 0.496 e. The summed E-state index contributed by atoms with van der Waals surface area (Å²) in [7, 11) is 5.02. The summed E-state index contributed by atoms with van der Waals surface area (Å²) in [4.78, 5) is 0. The van der Waals surface area contributed by atoms with Crippen molar-refractivity contribution in [3.8, 4) is 17.2 Å². The second kappa shape index (κ2) is 6.66. The smallest absolute Gasteiger partial charge is 0.129 e. The number of nitrogens with one attached hydrogen (secondary N) is 1. The van der Waals surface area contributed by atoms with Crippen LogP contribution in [0.4, 0.5) is 0 Å². The SMILES string of the molecule is COc1cc(OC)c(CCC2CCCN2)c(OC)c1. The van der Waals surface area contributed by atoms with E-state index in [4.69, 9.17) is 14.2 Å². The van der Waals surface area contributed by atoms with E-state index in [0.29, 0.717) is 6.04 Å². The van der Waals surface area contributed by atoms with Gasteiger partial charge in [-0.15, -0.1) is 0 Å². The van der Waals surface area contributed by atoms with Crippen LogP contribution >= 0.6 is 0 Å². The second-order valence-corrected chi connectivity index (χ2v) is 4.84. The van der Waals surface area contributed by atoms with Gasteiger partial charge in [0.05, 0.1) is 21.3 Å². The third-order valence-electron chi connectivity index (χ3n) is 3.72. The second-order valence-electron chi connectivity index (χ2n) is 4.84. The van der Waals surface area contributed by atoms with Crippen LogP contribution in [-0.4, -0.2) is 33.9 Å². The van der Waals surface area contributed by atoms with Gasteiger partial charge in [-0.05, 0) is 32.2 Å². The minimum absolute atomic E-state index is 0.622. The summed E-state index contributed by atoms with van der Waals surface area (Å²) in [5.41, 5.74) is 1.12. The molecular formula is C15H23NO3. The number of hydrogen-bond acceptors (Lipinski definition) is 4. The maximum Gasteiger partial charge on any atom is 0.129 e. The molecule has 1 aromatic rings. The van der Waals surface area contributed by atoms with Crippen molar-refractivity contribution in [1.82, 2.24) is 5.32 Å². The summed E-state index contributed by atoms with van der Waals surface area (Å²) in [5, 5.41) is 3.52. The van der Waals surface area contributed by atoms with Crippen LogP contribution in [0.1, 0.15) is 24.8 Å². The van der Waals surface area contributed by atoms with E-state index < -0.39 is 0 Å². The Hall–Kier alpha value is -1.42. The fourth-order valence-electron chi connectivity index (χ4n) is 2.65. The normalized spacial score (nSPS) is 18.4. The molecule has 1 aliphatic rings. The Morgan fingerprint density at radius 3 is 2.26 bits per heavy atom. The Kier molecular flexibility index (Phi) is 4.91. The van der Waals surface area contributed by atoms with Gasteiger partial charge in [-0.2, -0.15) is 0 Å². The maximum atomic E-state index is 5.47. The number of methoxy groups -OCH3 is 3. The molecule has 1 aromatic carbocycles. The topological polar surface area (TPSA) is 39.7 Å². The quantitative estimate of drug-likeness (QED) is 0.857. The van der Waals surface area contributed by atoms with Crippen LogP contribution in [0.2, 0.25) is 0 Å². The van der Waals surface area contributed by atoms with Gasteiger partial charge in [-0.25, -0.2) is 0 Å². The zero-order chi connectivity index (χ0) is 13.7. The Labute approximate surface area is 115 Å². The van der Waals surface area contributed by atoms with Gasteiger partial charge in [0, 0.05) is 23.7 Å². The van der Waals surface area contributed by atoms with E-state index in [1.54, 1.807) is 21.3 Å². The Bertz CT molecular complexity index is 389. The molecule has 1 unspecified atom stereocenters. The molecule has 4 nitrogen and oxygen atoms in total. The molecule has 106 valence electrons. The van der Waals surface area contributed by atoms with Crippen LogP contribution in [0.5, 0.6) is 17.2 Å². The molecule has 0 radical (unpaired) electrons. The third kappa shape index (κ3) is 3.32. The van der Waals surface area contributed by atoms with Crippen LogP contribution in [0.15, 0.2) is 12.1 Å². The molecule has 0 amide bonds. The van der Waals surface area contributed by atoms with Gasteiger partial charge >= 0.3 is 0 Å². The Balaban J connectivity index is 2.16. The lowest BCUT2D eigenvalue weighted by Crippen LogP contribution is -2.21. The summed E-state index contributed by atoms with van der Waals surface area (Å²) in [6.45, 7) is 1.14. The van der Waals surface area contributed by atoms with Gasteiger partial charge in [-0.1, -0.05) is 0 Å². The zero-order valence-electron chi connectivity index (χ0n) is 12.0. The number of rotatable bonds is 6. The standard InChI is InChI=1S/C15H23NO3/c1-17-12-9-14(18-2)13(15(10-12)19-3)7-6-11-5-4-8-16-11/h9-11,16H,4-8H2,1-3H3. The monoisotopic (exact) mass is 265 g/mol. The van der Waals surface area contributed by atoms with E-state index >= 15 is 0 Å². The van der Waals surface area contributed by atoms with Gasteiger partial charge in [-0.3, -0.25) is 0 Å². The van der Waals surface area contributed by atoms with Crippen LogP contribution < -0.4 is 19.5 Å². The van der Waals surface area contributed by atoms with E-state index in [9.17, 15) is 0 Å². The molecule has 0 bridgehead atoms. The predicted molar refractivity (Wildman–Crippen MR) is 75.4 cm³/mol. The van der Waals surface area contributed by atoms with E-state index in [1.807, 2.05) is 12.1 Å². The third-order valence-corrected chi connectivity index (χ3v) is 3.72. The van der Waals surface area contributed by atoms with Crippen LogP contribution in [0, 0.1) is 0 Å². The molecule has 1 saturated heterocycles. The van der Waals surface area contributed by atoms with Gasteiger partial charge in [0.15, 0.2) is 0 Å². The molecule has 1 atom stereocenters. The van der Waals surface area contributed by atoms with Crippen LogP contribution in [-0.2, 0) is 6.42 Å². The first kappa shape index (κ1) is 14.0. The molecule has 19 heavy (non-hydrogen) atoms. The van der Waals surface area contributed by atoms with Crippen molar-refractivity contribution in [2.75, 3.05) is 27.9 Å². The average molecular weight is 265 g/mol. The van der Waals surface area contributed by atoms with Crippen molar-refractivity contribution >= 4 is 0 Å². The first-order valence-electron chi connectivity index (χ1n) is 6.80. The van der Waals surface area contributed by atoms with Crippen LogP contribution in [0.3, 0.4) is 0 Å². The first-order chi connectivity index (χ1) is 9.28. The lowest BCUT2D eigenvalue weighted by atomic mass is 10.0. The summed E-state index contributed by atoms with van der Waals surface area (Å²) in [6, 6.07) is 4.45. The number of ether oxygens (including phenoxy) is 3. The zero-order valence-corrected chi connectivity index (χ0v) is 12.0. The predicted octanol–water partition coefficient (Wildman–Crippen LogP) is 2.40. The summed E-state index contributed by atoms with van der Waals surface area (Å²) in [6.07, 6.45) is 4.61. The van der Waals surface area contributed by atoms with E-state index in [0.717, 1.165) is 42.2 Å². The van der Waals surface area contributed by atoms with E-state index in [1.165, 1.54) is 12.8 Å². The van der Waals surface area contributed by atoms with E-state index in [-0.39, 0.29) is 0 Å². The van der Waals surface area contributed by atoms with Gasteiger partial charge in [0.25, 0.3) is 0 Å². The van der Waals surface area contributed by atoms with Crippen LogP contribution in [0.25, 0.3) is 0 Å². The summed E-state index contributed by atoms with van der Waals surface area (Å²) < 4.78 is 16.2. The highest BCUT2D eigenvalue weighted by Gasteiger charge is 2.18. The van der Waals surface area contributed by atoms with Crippen molar-refractivity contribution in [2.45, 2.75) is 31.7 Å². The molecule has 0 aliphatic carbocycles. The molecule has 4 heteroatoms. The van der Waals surface area contributed by atoms with Crippen molar-refractivity contribution in [2.24, 2.45) is 0 Å². The van der Waals surface area contributed by atoms with Crippen molar-refractivity contribution in [1.29, 1.82) is 0 Å². The minimum Gasteiger partial charge on any atom is -0.496 e. The lowest BCUT2D eigenvalue weighted by Gasteiger charge is -2.16. The number of benzene rings is 1. The van der Waals surface area contributed by atoms with Gasteiger partial charge in [0.2, 0.25) is 0 Å². The first-order valence-corrected chi connectivity index (χ1v) is 6.80. The minimum atomic E-state index is 0.622. The summed E-state index contributed by atoms with van der Waals surface area (Å²) >= 11 is 0. The van der Waals surface area contributed by atoms with Gasteiger partial charge in [0.1, 0.15) is 17.2 Å². The maximum absolute atomic E-state index is 5.47. The van der Waals surface area contributed by atoms with Crippen molar-refractivity contribution in [3.05, 3.63) is 17.7 Å². The highest BCUT2D eigenvalue weighted by Crippen LogP contribution is 2.35. The average Bonchev–Trinajstić information content (AvgIpc) is 2.97. The fraction of sp³-hybridized carbons (Fsp3) is 0.600. The molecule has 1 N–H and O–H groups in total. The molecular weight excluding hydrogens is 242 g/mol. The molecule has 2 rings (SSSR count). The summed E-state index contributed by atoms with van der Waals surface area (Å²) in [5.74, 6) is 2.44. The molecule has 0 aromatic heterocycles. The highest BCUT2D eigenvalue weighted by atomic mass is 16.5. The van der Waals surface area contributed by atoms with Crippen molar-refractivity contribution in [3.63, 3.8) is 0 Å². The highest BCUT2D eigenvalue weighted by molar-refractivity contribution is 5.50. The molecule has 1 heterocycles. The Morgan fingerprint density at radius 1 is 1.11 bits per heavy atom.